The number of allylic oxidation sites excluding steroid dienone is 1. The van der Waals surface area contributed by atoms with Gasteiger partial charge in [-0.05, 0) is 38.8 Å². The van der Waals surface area contributed by atoms with Gasteiger partial charge < -0.3 is 0 Å². The summed E-state index contributed by atoms with van der Waals surface area (Å²) >= 11 is 0. The van der Waals surface area contributed by atoms with Gasteiger partial charge in [0.15, 0.2) is 0 Å². The molecule has 0 aromatic carbocycles. The maximum atomic E-state index is 2.54. The third kappa shape index (κ3) is 5.43. The van der Waals surface area contributed by atoms with E-state index in [2.05, 4.69) is 24.0 Å². The van der Waals surface area contributed by atoms with Crippen LogP contribution in [0.4, 0.5) is 0 Å². The molecule has 0 bridgehead atoms. The zero-order valence-corrected chi connectivity index (χ0v) is 9.67. The molecule has 0 atom stereocenters. The molecule has 1 nitrogen and oxygen atoms in total. The molecule has 82 valence electrons. The fraction of sp³-hybridized carbons (Fsp3) is 0.846. The minimum Gasteiger partial charge on any atom is -0.300 e. The van der Waals surface area contributed by atoms with Crippen molar-refractivity contribution in [2.24, 2.45) is 0 Å². The van der Waals surface area contributed by atoms with Gasteiger partial charge in [-0.1, -0.05) is 38.3 Å². The Kier molecular flexibility index (Phi) is 6.77. The van der Waals surface area contributed by atoms with E-state index < -0.39 is 0 Å². The Balaban J connectivity index is 1.87. The Hall–Kier alpha value is -0.300. The van der Waals surface area contributed by atoms with E-state index >= 15 is 0 Å². The van der Waals surface area contributed by atoms with Gasteiger partial charge in [-0.2, -0.15) is 0 Å². The smallest absolute Gasteiger partial charge is 0.0163 e. The maximum absolute atomic E-state index is 2.54. The van der Waals surface area contributed by atoms with Crippen LogP contribution >= 0.6 is 0 Å². The molecule has 0 unspecified atom stereocenters. The van der Waals surface area contributed by atoms with Gasteiger partial charge in [-0.25, -0.2) is 0 Å². The third-order valence-corrected chi connectivity index (χ3v) is 2.95. The average molecular weight is 195 g/mol. The van der Waals surface area contributed by atoms with Gasteiger partial charge in [-0.3, -0.25) is 4.90 Å². The van der Waals surface area contributed by atoms with Crippen molar-refractivity contribution >= 4 is 0 Å². The van der Waals surface area contributed by atoms with Crippen molar-refractivity contribution in [3.05, 3.63) is 12.2 Å². The van der Waals surface area contributed by atoms with Gasteiger partial charge in [0.1, 0.15) is 0 Å². The number of hydrogen-bond donors (Lipinski definition) is 0. The Labute approximate surface area is 89.2 Å². The molecule has 14 heavy (non-hydrogen) atoms. The van der Waals surface area contributed by atoms with Crippen LogP contribution in [0.15, 0.2) is 12.2 Å². The summed E-state index contributed by atoms with van der Waals surface area (Å²) in [7, 11) is 0. The molecule has 1 aliphatic heterocycles. The first-order valence-corrected chi connectivity index (χ1v) is 6.31. The Bertz CT molecular complexity index is 145. The van der Waals surface area contributed by atoms with Crippen LogP contribution in [0.25, 0.3) is 0 Å². The van der Waals surface area contributed by atoms with Crippen molar-refractivity contribution in [2.75, 3.05) is 19.6 Å². The molecule has 0 aromatic rings. The molecule has 0 aliphatic carbocycles. The van der Waals surface area contributed by atoms with Crippen molar-refractivity contribution in [3.8, 4) is 0 Å². The van der Waals surface area contributed by atoms with E-state index in [9.17, 15) is 0 Å². The van der Waals surface area contributed by atoms with Crippen LogP contribution in [0.2, 0.25) is 0 Å². The lowest BCUT2D eigenvalue weighted by atomic mass is 10.1. The van der Waals surface area contributed by atoms with Gasteiger partial charge in [-0.15, -0.1) is 0 Å². The van der Waals surface area contributed by atoms with Gasteiger partial charge in [0.25, 0.3) is 0 Å². The molecular formula is C13H25N. The first-order valence-electron chi connectivity index (χ1n) is 6.31. The average Bonchev–Trinajstić information content (AvgIpc) is 2.69. The Morgan fingerprint density at radius 3 is 2.50 bits per heavy atom. The lowest BCUT2D eigenvalue weighted by molar-refractivity contribution is 0.377. The quantitative estimate of drug-likeness (QED) is 0.443. The van der Waals surface area contributed by atoms with Gasteiger partial charge in [0.2, 0.25) is 0 Å². The fourth-order valence-electron chi connectivity index (χ4n) is 2.00. The van der Waals surface area contributed by atoms with Crippen molar-refractivity contribution in [2.45, 2.75) is 51.9 Å². The predicted molar refractivity (Wildman–Crippen MR) is 63.6 cm³/mol. The molecule has 0 aromatic heterocycles. The number of rotatable bonds is 7. The minimum atomic E-state index is 1.19. The first kappa shape index (κ1) is 11.8. The number of nitrogens with zero attached hydrogens (tertiary/aromatic N) is 1. The van der Waals surface area contributed by atoms with E-state index in [1.807, 2.05) is 0 Å². The van der Waals surface area contributed by atoms with Crippen LogP contribution in [-0.4, -0.2) is 24.5 Å². The van der Waals surface area contributed by atoms with Gasteiger partial charge >= 0.3 is 0 Å². The summed E-state index contributed by atoms with van der Waals surface area (Å²) in [6.45, 7) is 6.09. The second kappa shape index (κ2) is 8.05. The topological polar surface area (TPSA) is 3.24 Å². The molecule has 1 heterocycles. The van der Waals surface area contributed by atoms with Gasteiger partial charge in [0, 0.05) is 6.54 Å². The molecular weight excluding hydrogens is 170 g/mol. The normalized spacial score (nSPS) is 18.4. The highest BCUT2D eigenvalue weighted by molar-refractivity contribution is 4.86. The number of unbranched alkanes of at least 4 members (excludes halogenated alkanes) is 4. The van der Waals surface area contributed by atoms with E-state index in [1.54, 1.807) is 0 Å². The van der Waals surface area contributed by atoms with Crippen molar-refractivity contribution in [1.82, 2.24) is 4.90 Å². The zero-order chi connectivity index (χ0) is 10.1. The van der Waals surface area contributed by atoms with Crippen LogP contribution in [0.1, 0.15) is 51.9 Å². The van der Waals surface area contributed by atoms with Gasteiger partial charge in [0.05, 0.1) is 0 Å². The lowest BCUT2D eigenvalue weighted by Crippen LogP contribution is -2.18. The van der Waals surface area contributed by atoms with E-state index in [-0.39, 0.29) is 0 Å². The summed E-state index contributed by atoms with van der Waals surface area (Å²) in [6.07, 6.45) is 14.4. The minimum absolute atomic E-state index is 1.19. The molecule has 0 radical (unpaired) electrons. The molecule has 1 heteroatoms. The highest BCUT2D eigenvalue weighted by Crippen LogP contribution is 2.07. The standard InChI is InChI=1S/C13H25N/c1-2-3-4-5-6-7-8-11-14-12-9-10-13-14/h7-8H,2-6,9-13H2,1H3/b8-7-. The van der Waals surface area contributed by atoms with Crippen molar-refractivity contribution < 1.29 is 0 Å². The molecule has 1 fully saturated rings. The molecule has 1 rings (SSSR count). The van der Waals surface area contributed by atoms with E-state index in [4.69, 9.17) is 0 Å². The summed E-state index contributed by atoms with van der Waals surface area (Å²) in [6, 6.07) is 0. The summed E-state index contributed by atoms with van der Waals surface area (Å²) < 4.78 is 0. The van der Waals surface area contributed by atoms with E-state index in [1.165, 1.54) is 64.6 Å². The Morgan fingerprint density at radius 2 is 1.79 bits per heavy atom. The summed E-state index contributed by atoms with van der Waals surface area (Å²) in [5, 5.41) is 0. The second-order valence-corrected chi connectivity index (χ2v) is 4.33. The predicted octanol–water partition coefficient (Wildman–Crippen LogP) is 3.61. The molecule has 0 spiro atoms. The Morgan fingerprint density at radius 1 is 1.00 bits per heavy atom. The maximum Gasteiger partial charge on any atom is 0.0163 e. The third-order valence-electron chi connectivity index (χ3n) is 2.95. The number of hydrogen-bond acceptors (Lipinski definition) is 1. The van der Waals surface area contributed by atoms with Crippen LogP contribution in [-0.2, 0) is 0 Å². The zero-order valence-electron chi connectivity index (χ0n) is 9.67. The SMILES string of the molecule is CCCCCC/C=C\CN1CCCC1. The number of likely N-dealkylation sites (tertiary alicyclic amines) is 1. The monoisotopic (exact) mass is 195 g/mol. The van der Waals surface area contributed by atoms with Crippen LogP contribution < -0.4 is 0 Å². The summed E-state index contributed by atoms with van der Waals surface area (Å²) in [5.41, 5.74) is 0. The summed E-state index contributed by atoms with van der Waals surface area (Å²) in [4.78, 5) is 2.54. The summed E-state index contributed by atoms with van der Waals surface area (Å²) in [5.74, 6) is 0. The fourth-order valence-corrected chi connectivity index (χ4v) is 2.00. The van der Waals surface area contributed by atoms with Crippen LogP contribution in [0.3, 0.4) is 0 Å². The van der Waals surface area contributed by atoms with E-state index in [0.29, 0.717) is 0 Å². The lowest BCUT2D eigenvalue weighted by Gasteiger charge is -2.10. The van der Waals surface area contributed by atoms with Crippen molar-refractivity contribution in [3.63, 3.8) is 0 Å². The van der Waals surface area contributed by atoms with E-state index in [0.717, 1.165) is 0 Å². The van der Waals surface area contributed by atoms with Crippen molar-refractivity contribution in [1.29, 1.82) is 0 Å². The highest BCUT2D eigenvalue weighted by Gasteiger charge is 2.08. The molecule has 0 amide bonds. The molecule has 0 saturated carbocycles. The highest BCUT2D eigenvalue weighted by atomic mass is 15.1. The first-order chi connectivity index (χ1) is 6.93. The molecule has 0 N–H and O–H groups in total. The molecule has 1 aliphatic rings. The largest absolute Gasteiger partial charge is 0.300 e. The van der Waals surface area contributed by atoms with Crippen LogP contribution in [0.5, 0.6) is 0 Å². The second-order valence-electron chi connectivity index (χ2n) is 4.33. The van der Waals surface area contributed by atoms with Crippen LogP contribution in [0, 0.1) is 0 Å². The molecule has 1 saturated heterocycles.